The van der Waals surface area contributed by atoms with Crippen LogP contribution in [0.3, 0.4) is 0 Å². The van der Waals surface area contributed by atoms with E-state index in [-0.39, 0.29) is 15.7 Å². The number of nitrogens with one attached hydrogen (secondary N) is 1. The van der Waals surface area contributed by atoms with Gasteiger partial charge in [0.25, 0.3) is 10.2 Å². The van der Waals surface area contributed by atoms with Crippen molar-refractivity contribution >= 4 is 39.1 Å². The Kier molecular flexibility index (Phi) is 3.02. The predicted molar refractivity (Wildman–Crippen MR) is 53.2 cm³/mol. The fourth-order valence-electron chi connectivity index (χ4n) is 0.736. The average Bonchev–Trinajstić information content (AvgIpc) is 1.96. The molecule has 0 saturated heterocycles. The highest BCUT2D eigenvalue weighted by molar-refractivity contribution is 7.90. The lowest BCUT2D eigenvalue weighted by atomic mass is 10.3. The summed E-state index contributed by atoms with van der Waals surface area (Å²) < 4.78 is 23.3. The number of hydrogen-bond donors (Lipinski definition) is 2. The van der Waals surface area contributed by atoms with Crippen LogP contribution in [-0.4, -0.2) is 8.42 Å². The van der Waals surface area contributed by atoms with E-state index >= 15 is 0 Å². The summed E-state index contributed by atoms with van der Waals surface area (Å²) >= 11 is 11.3. The Hall–Kier alpha value is -0.490. The highest BCUT2D eigenvalue weighted by Gasteiger charge is 2.08. The van der Waals surface area contributed by atoms with Gasteiger partial charge in [0.1, 0.15) is 0 Å². The van der Waals surface area contributed by atoms with Gasteiger partial charge in [-0.25, -0.2) is 5.14 Å². The van der Waals surface area contributed by atoms with Gasteiger partial charge in [-0.05, 0) is 12.1 Å². The molecule has 0 aliphatic rings. The molecule has 0 saturated carbocycles. The summed E-state index contributed by atoms with van der Waals surface area (Å²) in [6, 6.07) is 4.55. The average molecular weight is 241 g/mol. The smallest absolute Gasteiger partial charge is 0.270 e. The standard InChI is InChI=1S/C6H6Cl2N2O2S/c7-4-2-1-3-5(6(4)8)10-13(9,11)12/h1-3,10H,(H2,9,11,12). The zero-order valence-corrected chi connectivity index (χ0v) is 8.62. The molecule has 72 valence electrons. The van der Waals surface area contributed by atoms with E-state index in [1.54, 1.807) is 6.07 Å². The molecule has 3 N–H and O–H groups in total. The monoisotopic (exact) mass is 240 g/mol. The summed E-state index contributed by atoms with van der Waals surface area (Å²) in [6.07, 6.45) is 0. The molecule has 0 radical (unpaired) electrons. The molecule has 0 amide bonds. The summed E-state index contributed by atoms with van der Waals surface area (Å²) in [7, 11) is -3.81. The first kappa shape index (κ1) is 10.6. The molecule has 4 nitrogen and oxygen atoms in total. The van der Waals surface area contributed by atoms with Crippen molar-refractivity contribution in [2.24, 2.45) is 5.14 Å². The van der Waals surface area contributed by atoms with Crippen molar-refractivity contribution in [3.63, 3.8) is 0 Å². The van der Waals surface area contributed by atoms with Crippen molar-refractivity contribution in [3.8, 4) is 0 Å². The lowest BCUT2D eigenvalue weighted by Crippen LogP contribution is -2.21. The van der Waals surface area contributed by atoms with E-state index in [1.165, 1.54) is 12.1 Å². The number of hydrogen-bond acceptors (Lipinski definition) is 2. The maximum Gasteiger partial charge on any atom is 0.296 e. The predicted octanol–water partition coefficient (Wildman–Crippen LogP) is 1.61. The Morgan fingerprint density at radius 2 is 1.92 bits per heavy atom. The van der Waals surface area contributed by atoms with Crippen molar-refractivity contribution in [2.75, 3.05) is 4.72 Å². The van der Waals surface area contributed by atoms with Gasteiger partial charge in [0, 0.05) is 0 Å². The van der Waals surface area contributed by atoms with Crippen molar-refractivity contribution in [3.05, 3.63) is 28.2 Å². The highest BCUT2D eigenvalue weighted by atomic mass is 35.5. The first-order chi connectivity index (χ1) is 5.90. The third-order valence-corrected chi connectivity index (χ3v) is 2.53. The van der Waals surface area contributed by atoms with Crippen molar-refractivity contribution in [1.82, 2.24) is 0 Å². The van der Waals surface area contributed by atoms with Crippen molar-refractivity contribution < 1.29 is 8.42 Å². The molecular weight excluding hydrogens is 235 g/mol. The molecule has 0 heterocycles. The summed E-state index contributed by atoms with van der Waals surface area (Å²) in [5, 5.41) is 5.13. The van der Waals surface area contributed by atoms with E-state index in [0.29, 0.717) is 0 Å². The number of benzene rings is 1. The normalized spacial score (nSPS) is 11.3. The van der Waals surface area contributed by atoms with Gasteiger partial charge in [-0.3, -0.25) is 4.72 Å². The molecule has 0 spiro atoms. The largest absolute Gasteiger partial charge is 0.296 e. The van der Waals surface area contributed by atoms with Crippen LogP contribution in [0.4, 0.5) is 5.69 Å². The first-order valence-electron chi connectivity index (χ1n) is 3.15. The quantitative estimate of drug-likeness (QED) is 0.825. The fourth-order valence-corrected chi connectivity index (χ4v) is 1.62. The molecule has 0 aromatic heterocycles. The van der Waals surface area contributed by atoms with Gasteiger partial charge < -0.3 is 0 Å². The van der Waals surface area contributed by atoms with Crippen LogP contribution in [0.2, 0.25) is 10.0 Å². The second-order valence-electron chi connectivity index (χ2n) is 2.25. The number of nitrogens with two attached hydrogens (primary N) is 1. The fraction of sp³-hybridized carbons (Fsp3) is 0. The lowest BCUT2D eigenvalue weighted by molar-refractivity contribution is 0.603. The van der Waals surface area contributed by atoms with Crippen LogP contribution in [-0.2, 0) is 10.2 Å². The number of anilines is 1. The molecule has 0 atom stereocenters. The molecule has 1 aromatic rings. The number of rotatable bonds is 2. The third-order valence-electron chi connectivity index (χ3n) is 1.20. The molecule has 1 rings (SSSR count). The highest BCUT2D eigenvalue weighted by Crippen LogP contribution is 2.29. The van der Waals surface area contributed by atoms with E-state index in [0.717, 1.165) is 0 Å². The van der Waals surface area contributed by atoms with E-state index in [2.05, 4.69) is 0 Å². The minimum absolute atomic E-state index is 0.123. The molecule has 0 unspecified atom stereocenters. The van der Waals surface area contributed by atoms with Crippen LogP contribution in [0.5, 0.6) is 0 Å². The molecule has 0 fully saturated rings. The molecular formula is C6H6Cl2N2O2S. The molecule has 13 heavy (non-hydrogen) atoms. The van der Waals surface area contributed by atoms with Gasteiger partial charge in [-0.1, -0.05) is 29.3 Å². The van der Waals surface area contributed by atoms with Crippen molar-refractivity contribution in [2.45, 2.75) is 0 Å². The van der Waals surface area contributed by atoms with Gasteiger partial charge in [0.15, 0.2) is 0 Å². The van der Waals surface area contributed by atoms with E-state index in [4.69, 9.17) is 28.3 Å². The first-order valence-corrected chi connectivity index (χ1v) is 5.45. The van der Waals surface area contributed by atoms with Crippen molar-refractivity contribution in [1.29, 1.82) is 0 Å². The molecule has 7 heteroatoms. The summed E-state index contributed by atoms with van der Waals surface area (Å²) in [4.78, 5) is 0. The van der Waals surface area contributed by atoms with E-state index < -0.39 is 10.2 Å². The summed E-state index contributed by atoms with van der Waals surface area (Å²) in [5.41, 5.74) is 0.164. The van der Waals surface area contributed by atoms with Crippen LogP contribution in [0.15, 0.2) is 18.2 Å². The topological polar surface area (TPSA) is 72.2 Å². The Morgan fingerprint density at radius 3 is 2.46 bits per heavy atom. The van der Waals surface area contributed by atoms with E-state index in [1.807, 2.05) is 4.72 Å². The Bertz CT molecular complexity index is 419. The van der Waals surface area contributed by atoms with Gasteiger partial charge in [0.2, 0.25) is 0 Å². The van der Waals surface area contributed by atoms with Crippen LogP contribution >= 0.6 is 23.2 Å². The van der Waals surface area contributed by atoms with Crippen LogP contribution in [0.1, 0.15) is 0 Å². The third kappa shape index (κ3) is 3.04. The van der Waals surface area contributed by atoms with E-state index in [9.17, 15) is 8.42 Å². The second kappa shape index (κ2) is 3.71. The Balaban J connectivity index is 3.10. The maximum atomic E-state index is 10.6. The van der Waals surface area contributed by atoms with Gasteiger partial charge >= 0.3 is 0 Å². The van der Waals surface area contributed by atoms with Gasteiger partial charge in [-0.2, -0.15) is 8.42 Å². The van der Waals surface area contributed by atoms with Crippen LogP contribution in [0.25, 0.3) is 0 Å². The van der Waals surface area contributed by atoms with Crippen LogP contribution < -0.4 is 9.86 Å². The Morgan fingerprint density at radius 1 is 1.31 bits per heavy atom. The zero-order valence-electron chi connectivity index (χ0n) is 6.29. The number of halogens is 2. The Labute approximate surface area is 85.8 Å². The van der Waals surface area contributed by atoms with Crippen LogP contribution in [0, 0.1) is 0 Å². The maximum absolute atomic E-state index is 10.6. The second-order valence-corrected chi connectivity index (χ2v) is 4.33. The summed E-state index contributed by atoms with van der Waals surface area (Å²) in [5.74, 6) is 0. The van der Waals surface area contributed by atoms with Gasteiger partial charge in [0.05, 0.1) is 15.7 Å². The molecule has 0 bridgehead atoms. The zero-order chi connectivity index (χ0) is 10.1. The minimum atomic E-state index is -3.81. The lowest BCUT2D eigenvalue weighted by Gasteiger charge is -2.05. The molecule has 1 aromatic carbocycles. The molecule has 0 aliphatic heterocycles. The molecule has 0 aliphatic carbocycles. The minimum Gasteiger partial charge on any atom is -0.270 e. The SMILES string of the molecule is NS(=O)(=O)Nc1cccc(Cl)c1Cl. The summed E-state index contributed by atoms with van der Waals surface area (Å²) in [6.45, 7) is 0. The van der Waals surface area contributed by atoms with Gasteiger partial charge in [-0.15, -0.1) is 0 Å².